The van der Waals surface area contributed by atoms with Gasteiger partial charge in [-0.2, -0.15) is 0 Å². The van der Waals surface area contributed by atoms with E-state index < -0.39 is 5.97 Å². The third-order valence-corrected chi connectivity index (χ3v) is 4.65. The van der Waals surface area contributed by atoms with Crippen LogP contribution in [-0.4, -0.2) is 49.8 Å². The molecule has 2 aromatic rings. The number of halogens is 1. The SMILES string of the molecule is CC(NC(=O)COC(=O)c1cccnc1N1CCOCC1)c1ccc(Cl)cc1. The lowest BCUT2D eigenvalue weighted by Crippen LogP contribution is -2.38. The lowest BCUT2D eigenvalue weighted by atomic mass is 10.1. The number of esters is 1. The van der Waals surface area contributed by atoms with Gasteiger partial charge in [-0.05, 0) is 36.8 Å². The third-order valence-electron chi connectivity index (χ3n) is 4.40. The minimum atomic E-state index is -0.580. The Bertz CT molecular complexity index is 822. The summed E-state index contributed by atoms with van der Waals surface area (Å²) in [6, 6.07) is 10.3. The highest BCUT2D eigenvalue weighted by Crippen LogP contribution is 2.19. The fourth-order valence-corrected chi connectivity index (χ4v) is 3.04. The molecule has 8 heteroatoms. The van der Waals surface area contributed by atoms with Crippen molar-refractivity contribution in [3.63, 3.8) is 0 Å². The van der Waals surface area contributed by atoms with Gasteiger partial charge in [0.1, 0.15) is 11.4 Å². The van der Waals surface area contributed by atoms with Crippen LogP contribution in [0.4, 0.5) is 5.82 Å². The van der Waals surface area contributed by atoms with Crippen molar-refractivity contribution in [1.29, 1.82) is 0 Å². The summed E-state index contributed by atoms with van der Waals surface area (Å²) < 4.78 is 10.5. The van der Waals surface area contributed by atoms with Crippen LogP contribution in [0, 0.1) is 0 Å². The molecular weight excluding hydrogens is 382 g/mol. The van der Waals surface area contributed by atoms with Gasteiger partial charge in [-0.1, -0.05) is 23.7 Å². The fourth-order valence-electron chi connectivity index (χ4n) is 2.91. The van der Waals surface area contributed by atoms with Crippen LogP contribution in [0.15, 0.2) is 42.6 Å². The maximum atomic E-state index is 12.5. The fraction of sp³-hybridized carbons (Fsp3) is 0.350. The van der Waals surface area contributed by atoms with Crippen LogP contribution < -0.4 is 10.2 Å². The van der Waals surface area contributed by atoms with Gasteiger partial charge in [-0.15, -0.1) is 0 Å². The van der Waals surface area contributed by atoms with Crippen molar-refractivity contribution in [2.24, 2.45) is 0 Å². The number of carbonyl (C=O) groups excluding carboxylic acids is 2. The largest absolute Gasteiger partial charge is 0.452 e. The number of rotatable bonds is 6. The Balaban J connectivity index is 1.56. The highest BCUT2D eigenvalue weighted by atomic mass is 35.5. The molecule has 1 aromatic heterocycles. The Kier molecular flexibility index (Phi) is 6.84. The average Bonchev–Trinajstić information content (AvgIpc) is 2.73. The minimum Gasteiger partial charge on any atom is -0.452 e. The van der Waals surface area contributed by atoms with E-state index in [9.17, 15) is 9.59 Å². The van der Waals surface area contributed by atoms with Crippen LogP contribution in [0.3, 0.4) is 0 Å². The summed E-state index contributed by atoms with van der Waals surface area (Å²) in [7, 11) is 0. The normalized spacial score (nSPS) is 15.0. The molecule has 7 nitrogen and oxygen atoms in total. The van der Waals surface area contributed by atoms with Crippen molar-refractivity contribution in [2.45, 2.75) is 13.0 Å². The Morgan fingerprint density at radius 2 is 1.96 bits per heavy atom. The summed E-state index contributed by atoms with van der Waals surface area (Å²) in [6.07, 6.45) is 1.63. The summed E-state index contributed by atoms with van der Waals surface area (Å²) in [6.45, 7) is 3.94. The third kappa shape index (κ3) is 5.21. The van der Waals surface area contributed by atoms with Gasteiger partial charge in [-0.3, -0.25) is 4.79 Å². The molecule has 1 saturated heterocycles. The second kappa shape index (κ2) is 9.52. The number of carbonyl (C=O) groups is 2. The van der Waals surface area contributed by atoms with Gasteiger partial charge in [0, 0.05) is 24.3 Å². The molecular formula is C20H22ClN3O4. The van der Waals surface area contributed by atoms with E-state index in [-0.39, 0.29) is 18.6 Å². The summed E-state index contributed by atoms with van der Waals surface area (Å²) in [5.41, 5.74) is 1.24. The number of anilines is 1. The first-order chi connectivity index (χ1) is 13.5. The van der Waals surface area contributed by atoms with E-state index >= 15 is 0 Å². The standard InChI is InChI=1S/C20H22ClN3O4/c1-14(15-4-6-16(21)7-5-15)23-18(25)13-28-20(26)17-3-2-8-22-19(17)24-9-11-27-12-10-24/h2-8,14H,9-13H2,1H3,(H,23,25). The topological polar surface area (TPSA) is 80.8 Å². The Hall–Kier alpha value is -2.64. The Morgan fingerprint density at radius 3 is 2.68 bits per heavy atom. The van der Waals surface area contributed by atoms with Gasteiger partial charge >= 0.3 is 5.97 Å². The molecule has 148 valence electrons. The van der Waals surface area contributed by atoms with Crippen molar-refractivity contribution in [3.05, 3.63) is 58.7 Å². The van der Waals surface area contributed by atoms with E-state index in [0.29, 0.717) is 42.7 Å². The maximum Gasteiger partial charge on any atom is 0.342 e. The van der Waals surface area contributed by atoms with Crippen LogP contribution in [0.25, 0.3) is 0 Å². The Labute approximate surface area is 168 Å². The molecule has 1 aliphatic heterocycles. The highest BCUT2D eigenvalue weighted by molar-refractivity contribution is 6.30. The first-order valence-corrected chi connectivity index (χ1v) is 9.42. The van der Waals surface area contributed by atoms with Crippen LogP contribution in [0.5, 0.6) is 0 Å². The number of amides is 1. The molecule has 1 N–H and O–H groups in total. The molecule has 1 fully saturated rings. The van der Waals surface area contributed by atoms with Crippen molar-refractivity contribution in [3.8, 4) is 0 Å². The summed E-state index contributed by atoms with van der Waals surface area (Å²) in [5, 5.41) is 3.43. The number of nitrogens with zero attached hydrogens (tertiary/aromatic N) is 2. The number of ether oxygens (including phenoxy) is 2. The number of nitrogens with one attached hydrogen (secondary N) is 1. The molecule has 0 aliphatic carbocycles. The van der Waals surface area contributed by atoms with Gasteiger partial charge in [0.05, 0.1) is 19.3 Å². The van der Waals surface area contributed by atoms with E-state index in [1.165, 1.54) is 0 Å². The van der Waals surface area contributed by atoms with E-state index in [2.05, 4.69) is 10.3 Å². The van der Waals surface area contributed by atoms with Crippen molar-refractivity contribution < 1.29 is 19.1 Å². The van der Waals surface area contributed by atoms with Gasteiger partial charge < -0.3 is 19.7 Å². The zero-order chi connectivity index (χ0) is 19.9. The van der Waals surface area contributed by atoms with Gasteiger partial charge in [0.2, 0.25) is 0 Å². The van der Waals surface area contributed by atoms with Crippen LogP contribution in [0.2, 0.25) is 5.02 Å². The monoisotopic (exact) mass is 403 g/mol. The second-order valence-corrected chi connectivity index (χ2v) is 6.83. The molecule has 1 aromatic carbocycles. The quantitative estimate of drug-likeness (QED) is 0.747. The summed E-state index contributed by atoms with van der Waals surface area (Å²) in [4.78, 5) is 30.9. The average molecular weight is 404 g/mol. The number of hydrogen-bond acceptors (Lipinski definition) is 6. The predicted octanol–water partition coefficient (Wildman–Crippen LogP) is 2.61. The summed E-state index contributed by atoms with van der Waals surface area (Å²) in [5.74, 6) is -0.415. The predicted molar refractivity (Wildman–Crippen MR) is 106 cm³/mol. The van der Waals surface area contributed by atoms with Gasteiger partial charge in [-0.25, -0.2) is 9.78 Å². The first kappa shape index (κ1) is 20.1. The molecule has 0 bridgehead atoms. The van der Waals surface area contributed by atoms with Gasteiger partial charge in [0.25, 0.3) is 5.91 Å². The van der Waals surface area contributed by atoms with E-state index in [1.807, 2.05) is 24.0 Å². The molecule has 0 radical (unpaired) electrons. The zero-order valence-corrected chi connectivity index (χ0v) is 16.3. The molecule has 1 unspecified atom stereocenters. The highest BCUT2D eigenvalue weighted by Gasteiger charge is 2.21. The molecule has 2 heterocycles. The Morgan fingerprint density at radius 1 is 1.25 bits per heavy atom. The number of aromatic nitrogens is 1. The first-order valence-electron chi connectivity index (χ1n) is 9.04. The van der Waals surface area contributed by atoms with Crippen molar-refractivity contribution in [1.82, 2.24) is 10.3 Å². The number of pyridine rings is 1. The molecule has 1 atom stereocenters. The van der Waals surface area contributed by atoms with Gasteiger partial charge in [0.15, 0.2) is 6.61 Å². The molecule has 0 spiro atoms. The van der Waals surface area contributed by atoms with Crippen LogP contribution in [-0.2, 0) is 14.3 Å². The molecule has 3 rings (SSSR count). The van der Waals surface area contributed by atoms with Crippen molar-refractivity contribution in [2.75, 3.05) is 37.8 Å². The number of hydrogen-bond donors (Lipinski definition) is 1. The van der Waals surface area contributed by atoms with E-state index in [4.69, 9.17) is 21.1 Å². The lowest BCUT2D eigenvalue weighted by molar-refractivity contribution is -0.124. The van der Waals surface area contributed by atoms with E-state index in [0.717, 1.165) is 5.56 Å². The van der Waals surface area contributed by atoms with Crippen molar-refractivity contribution >= 4 is 29.3 Å². The molecule has 0 saturated carbocycles. The van der Waals surface area contributed by atoms with Crippen LogP contribution >= 0.6 is 11.6 Å². The zero-order valence-electron chi connectivity index (χ0n) is 15.6. The maximum absolute atomic E-state index is 12.5. The minimum absolute atomic E-state index is 0.231. The molecule has 1 aliphatic rings. The second-order valence-electron chi connectivity index (χ2n) is 6.39. The van der Waals surface area contributed by atoms with Crippen LogP contribution in [0.1, 0.15) is 28.9 Å². The number of benzene rings is 1. The smallest absolute Gasteiger partial charge is 0.342 e. The molecule has 1 amide bonds. The molecule has 28 heavy (non-hydrogen) atoms. The summed E-state index contributed by atoms with van der Waals surface area (Å²) >= 11 is 5.87. The van der Waals surface area contributed by atoms with E-state index in [1.54, 1.807) is 30.5 Å². The number of morpholine rings is 1. The lowest BCUT2D eigenvalue weighted by Gasteiger charge is -2.28.